The standard InChI is InChI=1S/C22H13N3O2/c1-23-16-10-5-8-14-13-7-3-4-11-17(13)25(20(14)16)18-12-6-9-15-19(18)22(27)24(2)21(15)26/h3-12H,2H3. The monoisotopic (exact) mass is 351 g/mol. The van der Waals surface area contributed by atoms with Gasteiger partial charge >= 0.3 is 0 Å². The van der Waals surface area contributed by atoms with Crippen LogP contribution in [-0.4, -0.2) is 28.3 Å². The highest BCUT2D eigenvalue weighted by atomic mass is 16.2. The lowest BCUT2D eigenvalue weighted by atomic mass is 10.1. The Balaban J connectivity index is 2.01. The zero-order valence-corrected chi connectivity index (χ0v) is 14.4. The van der Waals surface area contributed by atoms with Crippen molar-refractivity contribution in [2.45, 2.75) is 0 Å². The van der Waals surface area contributed by atoms with Gasteiger partial charge in [0, 0.05) is 12.4 Å². The lowest BCUT2D eigenvalue weighted by Crippen LogP contribution is -2.24. The van der Waals surface area contributed by atoms with Crippen LogP contribution >= 0.6 is 0 Å². The number of nitrogens with zero attached hydrogens (tertiary/aromatic N) is 3. The van der Waals surface area contributed by atoms with Gasteiger partial charge < -0.3 is 4.57 Å². The summed E-state index contributed by atoms with van der Waals surface area (Å²) in [5.41, 5.74) is 3.55. The number of fused-ring (bicyclic) bond motifs is 4. The Hall–Kier alpha value is -3.91. The van der Waals surface area contributed by atoms with Crippen molar-refractivity contribution in [3.05, 3.63) is 83.2 Å². The number of aromatic nitrogens is 1. The number of hydrogen-bond acceptors (Lipinski definition) is 2. The highest BCUT2D eigenvalue weighted by Crippen LogP contribution is 2.39. The van der Waals surface area contributed by atoms with Gasteiger partial charge in [0.1, 0.15) is 0 Å². The smallest absolute Gasteiger partial charge is 0.263 e. The predicted octanol–water partition coefficient (Wildman–Crippen LogP) is 4.56. The molecule has 0 spiro atoms. The van der Waals surface area contributed by atoms with Crippen LogP contribution in [0.2, 0.25) is 0 Å². The molecule has 0 bridgehead atoms. The van der Waals surface area contributed by atoms with E-state index in [1.54, 1.807) is 18.2 Å². The molecule has 4 aromatic rings. The van der Waals surface area contributed by atoms with E-state index in [9.17, 15) is 9.59 Å². The van der Waals surface area contributed by atoms with E-state index >= 15 is 0 Å². The quantitative estimate of drug-likeness (QED) is 0.373. The maximum Gasteiger partial charge on any atom is 0.263 e. The molecular formula is C22H13N3O2. The van der Waals surface area contributed by atoms with Gasteiger partial charge in [-0.3, -0.25) is 14.5 Å². The lowest BCUT2D eigenvalue weighted by Gasteiger charge is -2.12. The predicted molar refractivity (Wildman–Crippen MR) is 103 cm³/mol. The van der Waals surface area contributed by atoms with Crippen LogP contribution in [0, 0.1) is 6.57 Å². The third kappa shape index (κ3) is 1.87. The van der Waals surface area contributed by atoms with E-state index in [2.05, 4.69) is 4.85 Å². The van der Waals surface area contributed by atoms with E-state index in [1.807, 2.05) is 47.0 Å². The van der Waals surface area contributed by atoms with Crippen LogP contribution in [0.3, 0.4) is 0 Å². The minimum absolute atomic E-state index is 0.303. The number of rotatable bonds is 1. The first kappa shape index (κ1) is 15.4. The number of benzene rings is 3. The van der Waals surface area contributed by atoms with Crippen LogP contribution in [0.15, 0.2) is 60.7 Å². The van der Waals surface area contributed by atoms with Crippen LogP contribution in [0.5, 0.6) is 0 Å². The van der Waals surface area contributed by atoms with Crippen LogP contribution in [0.4, 0.5) is 5.69 Å². The van der Waals surface area contributed by atoms with Gasteiger partial charge in [0.15, 0.2) is 0 Å². The lowest BCUT2D eigenvalue weighted by molar-refractivity contribution is 0.0693. The van der Waals surface area contributed by atoms with Gasteiger partial charge in [-0.2, -0.15) is 0 Å². The SMILES string of the molecule is [C-]#[N+]c1cccc2c3ccccc3n(-c3cccc4c3C(=O)N(C)C4=O)c12. The summed E-state index contributed by atoms with van der Waals surface area (Å²) in [6.45, 7) is 7.60. The van der Waals surface area contributed by atoms with Crippen molar-refractivity contribution in [3.8, 4) is 5.69 Å². The number of amides is 2. The molecule has 5 nitrogen and oxygen atoms in total. The molecule has 1 aliphatic rings. The van der Waals surface area contributed by atoms with Gasteiger partial charge in [-0.05, 0) is 23.6 Å². The number of hydrogen-bond donors (Lipinski definition) is 0. The molecule has 1 aromatic heterocycles. The van der Waals surface area contributed by atoms with Crippen molar-refractivity contribution >= 4 is 39.3 Å². The molecule has 5 heteroatoms. The van der Waals surface area contributed by atoms with Crippen molar-refractivity contribution < 1.29 is 9.59 Å². The Morgan fingerprint density at radius 3 is 2.41 bits per heavy atom. The van der Waals surface area contributed by atoms with Gasteiger partial charge in [-0.25, -0.2) is 4.85 Å². The maximum atomic E-state index is 12.8. The van der Waals surface area contributed by atoms with Crippen molar-refractivity contribution in [1.29, 1.82) is 0 Å². The fourth-order valence-electron chi connectivity index (χ4n) is 3.91. The first-order valence-electron chi connectivity index (χ1n) is 8.49. The molecule has 27 heavy (non-hydrogen) atoms. The van der Waals surface area contributed by atoms with Crippen molar-refractivity contribution in [2.24, 2.45) is 0 Å². The van der Waals surface area contributed by atoms with Crippen LogP contribution in [-0.2, 0) is 0 Å². The summed E-state index contributed by atoms with van der Waals surface area (Å²) in [7, 11) is 1.49. The fraction of sp³-hybridized carbons (Fsp3) is 0.0455. The van der Waals surface area contributed by atoms with E-state index in [0.29, 0.717) is 22.5 Å². The molecule has 0 aliphatic carbocycles. The molecule has 0 unspecified atom stereocenters. The second-order valence-corrected chi connectivity index (χ2v) is 6.51. The average Bonchev–Trinajstić information content (AvgIpc) is 3.16. The Bertz CT molecular complexity index is 1340. The Labute approximate surface area is 154 Å². The molecule has 0 fully saturated rings. The highest BCUT2D eigenvalue weighted by Gasteiger charge is 2.35. The minimum Gasteiger partial charge on any atom is -0.318 e. The van der Waals surface area contributed by atoms with Gasteiger partial charge in [0.2, 0.25) is 5.69 Å². The molecule has 0 atom stereocenters. The average molecular weight is 351 g/mol. The van der Waals surface area contributed by atoms with Crippen LogP contribution in [0.25, 0.3) is 32.3 Å². The van der Waals surface area contributed by atoms with E-state index in [1.165, 1.54) is 7.05 Å². The molecule has 1 aliphatic heterocycles. The molecule has 0 N–H and O–H groups in total. The topological polar surface area (TPSA) is 46.7 Å². The normalized spacial score (nSPS) is 13.4. The largest absolute Gasteiger partial charge is 0.318 e. The first-order chi connectivity index (χ1) is 13.1. The fourth-order valence-corrected chi connectivity index (χ4v) is 3.91. The molecule has 0 radical (unpaired) electrons. The van der Waals surface area contributed by atoms with E-state index < -0.39 is 0 Å². The number of para-hydroxylation sites is 2. The Kier molecular flexibility index (Phi) is 3.01. The zero-order chi connectivity index (χ0) is 18.7. The molecule has 2 heterocycles. The molecule has 5 rings (SSSR count). The van der Waals surface area contributed by atoms with Crippen LogP contribution in [0.1, 0.15) is 20.7 Å². The maximum absolute atomic E-state index is 12.8. The molecule has 128 valence electrons. The summed E-state index contributed by atoms with van der Waals surface area (Å²) in [5.74, 6) is -0.625. The van der Waals surface area contributed by atoms with Gasteiger partial charge in [0.25, 0.3) is 11.8 Å². The Morgan fingerprint density at radius 2 is 1.59 bits per heavy atom. The second kappa shape index (κ2) is 5.29. The number of carbonyl (C=O) groups is 2. The summed E-state index contributed by atoms with van der Waals surface area (Å²) in [5, 5.41) is 1.95. The summed E-state index contributed by atoms with van der Waals surface area (Å²) < 4.78 is 1.93. The Morgan fingerprint density at radius 1 is 0.852 bits per heavy atom. The summed E-state index contributed by atoms with van der Waals surface area (Å²) in [6, 6.07) is 18.7. The van der Waals surface area contributed by atoms with Gasteiger partial charge in [-0.15, -0.1) is 0 Å². The van der Waals surface area contributed by atoms with Gasteiger partial charge in [0.05, 0.1) is 34.4 Å². The number of carbonyl (C=O) groups excluding carboxylic acids is 2. The van der Waals surface area contributed by atoms with Crippen molar-refractivity contribution in [2.75, 3.05) is 7.05 Å². The molecule has 0 saturated carbocycles. The third-order valence-electron chi connectivity index (χ3n) is 5.13. The molecular weight excluding hydrogens is 338 g/mol. The molecule has 0 saturated heterocycles. The number of imide groups is 1. The summed E-state index contributed by atoms with van der Waals surface area (Å²) in [4.78, 5) is 30.0. The molecule has 3 aromatic carbocycles. The minimum atomic E-state index is -0.322. The highest BCUT2D eigenvalue weighted by molar-refractivity contribution is 6.23. The van der Waals surface area contributed by atoms with Crippen molar-refractivity contribution in [3.63, 3.8) is 0 Å². The zero-order valence-electron chi connectivity index (χ0n) is 14.4. The van der Waals surface area contributed by atoms with E-state index in [4.69, 9.17) is 6.57 Å². The second-order valence-electron chi connectivity index (χ2n) is 6.51. The molecule has 2 amide bonds. The summed E-state index contributed by atoms with van der Waals surface area (Å²) >= 11 is 0. The first-order valence-corrected chi connectivity index (χ1v) is 8.49. The van der Waals surface area contributed by atoms with Crippen LogP contribution < -0.4 is 0 Å². The van der Waals surface area contributed by atoms with Crippen molar-refractivity contribution in [1.82, 2.24) is 9.47 Å². The summed E-state index contributed by atoms with van der Waals surface area (Å²) in [6.07, 6.45) is 0. The van der Waals surface area contributed by atoms with E-state index in [-0.39, 0.29) is 11.8 Å². The van der Waals surface area contributed by atoms with Gasteiger partial charge in [-0.1, -0.05) is 42.5 Å². The van der Waals surface area contributed by atoms with E-state index in [0.717, 1.165) is 26.7 Å². The third-order valence-corrected chi connectivity index (χ3v) is 5.13.